The van der Waals surface area contributed by atoms with Crippen LogP contribution in [-0.2, 0) is 6.42 Å². The molecule has 0 aromatic heterocycles. The van der Waals surface area contributed by atoms with Crippen molar-refractivity contribution in [3.63, 3.8) is 0 Å². The number of hydrogen-bond donors (Lipinski definition) is 0. The third-order valence-electron chi connectivity index (χ3n) is 2.17. The molecule has 1 atom stereocenters. The number of allylic oxidation sites excluding steroid dienone is 1. The quantitative estimate of drug-likeness (QED) is 0.695. The molecule has 0 aliphatic carbocycles. The lowest BCUT2D eigenvalue weighted by Gasteiger charge is -2.11. The Labute approximate surface area is 88.8 Å². The van der Waals surface area contributed by atoms with Gasteiger partial charge in [-0.15, -0.1) is 6.58 Å². The summed E-state index contributed by atoms with van der Waals surface area (Å²) in [6, 6.07) is 6.28. The van der Waals surface area contributed by atoms with E-state index in [1.807, 2.05) is 6.08 Å². The van der Waals surface area contributed by atoms with Crippen molar-refractivity contribution in [3.05, 3.63) is 53.4 Å². The van der Waals surface area contributed by atoms with Gasteiger partial charge in [-0.1, -0.05) is 47.1 Å². The van der Waals surface area contributed by atoms with Crippen LogP contribution in [0.25, 0.3) is 0 Å². The summed E-state index contributed by atoms with van der Waals surface area (Å²) in [6.45, 7) is 9.91. The largest absolute Gasteiger partial charge is 0.102 e. The lowest BCUT2D eigenvalue weighted by atomic mass is 9.98. The predicted molar refractivity (Wildman–Crippen MR) is 61.8 cm³/mol. The van der Waals surface area contributed by atoms with Crippen molar-refractivity contribution in [2.45, 2.75) is 19.3 Å². The molecule has 1 aromatic carbocycles. The van der Waals surface area contributed by atoms with Crippen LogP contribution in [-0.4, -0.2) is 0 Å². The van der Waals surface area contributed by atoms with Gasteiger partial charge < -0.3 is 0 Å². The number of aryl methyl sites for hydroxylation is 1. The Kier molecular flexibility index (Phi) is 3.73. The van der Waals surface area contributed by atoms with Gasteiger partial charge in [-0.05, 0) is 24.5 Å². The maximum atomic E-state index is 4.01. The van der Waals surface area contributed by atoms with Crippen molar-refractivity contribution < 1.29 is 0 Å². The van der Waals surface area contributed by atoms with Crippen LogP contribution in [0.15, 0.2) is 35.3 Å². The van der Waals surface area contributed by atoms with E-state index in [1.54, 1.807) is 0 Å². The van der Waals surface area contributed by atoms with Crippen LogP contribution < -0.4 is 0 Å². The highest BCUT2D eigenvalue weighted by Crippen LogP contribution is 2.28. The summed E-state index contributed by atoms with van der Waals surface area (Å²) in [5.74, 6) is 0.167. The lowest BCUT2D eigenvalue weighted by Crippen LogP contribution is -1.94. The van der Waals surface area contributed by atoms with Crippen molar-refractivity contribution in [2.75, 3.05) is 0 Å². The normalized spacial score (nSPS) is 12.5. The molecule has 0 aliphatic rings. The Morgan fingerprint density at radius 1 is 1.54 bits per heavy atom. The molecule has 1 unspecified atom stereocenters. The third-order valence-corrected chi connectivity index (χ3v) is 3.14. The van der Waals surface area contributed by atoms with E-state index in [4.69, 9.17) is 0 Å². The summed E-state index contributed by atoms with van der Waals surface area (Å²) in [7, 11) is 0. The fourth-order valence-electron chi connectivity index (χ4n) is 1.29. The molecule has 0 fully saturated rings. The van der Waals surface area contributed by atoms with Gasteiger partial charge in [0.1, 0.15) is 0 Å². The van der Waals surface area contributed by atoms with Crippen molar-refractivity contribution in [2.24, 2.45) is 0 Å². The van der Waals surface area contributed by atoms with E-state index >= 15 is 0 Å². The lowest BCUT2D eigenvalue weighted by molar-refractivity contribution is 1.04. The SMILES string of the molecule is [CH2]C(C=C)c1cccc(CC)c1Br. The van der Waals surface area contributed by atoms with E-state index in [-0.39, 0.29) is 5.92 Å². The van der Waals surface area contributed by atoms with Gasteiger partial charge in [-0.2, -0.15) is 0 Å². The maximum Gasteiger partial charge on any atom is 0.0245 e. The zero-order chi connectivity index (χ0) is 9.84. The van der Waals surface area contributed by atoms with Gasteiger partial charge in [-0.25, -0.2) is 0 Å². The van der Waals surface area contributed by atoms with E-state index in [1.165, 1.54) is 15.6 Å². The molecular weight excluding hydrogens is 224 g/mol. The van der Waals surface area contributed by atoms with Gasteiger partial charge in [-0.3, -0.25) is 0 Å². The summed E-state index contributed by atoms with van der Waals surface area (Å²) in [6.07, 6.45) is 2.90. The summed E-state index contributed by atoms with van der Waals surface area (Å²) in [5.41, 5.74) is 2.54. The van der Waals surface area contributed by atoms with Gasteiger partial charge in [0.25, 0.3) is 0 Å². The summed E-state index contributed by atoms with van der Waals surface area (Å²) >= 11 is 3.60. The minimum absolute atomic E-state index is 0.167. The van der Waals surface area contributed by atoms with Gasteiger partial charge in [0.05, 0.1) is 0 Å². The Morgan fingerprint density at radius 2 is 2.23 bits per heavy atom. The van der Waals surface area contributed by atoms with Crippen molar-refractivity contribution in [1.82, 2.24) is 0 Å². The maximum absolute atomic E-state index is 4.01. The first-order valence-corrected chi connectivity index (χ1v) is 5.23. The smallest absolute Gasteiger partial charge is 0.0245 e. The molecule has 13 heavy (non-hydrogen) atoms. The molecule has 0 amide bonds. The Balaban J connectivity index is 3.14. The Morgan fingerprint density at radius 3 is 2.77 bits per heavy atom. The average Bonchev–Trinajstić information content (AvgIpc) is 2.17. The molecule has 0 nitrogen and oxygen atoms in total. The molecule has 0 heterocycles. The molecule has 0 bridgehead atoms. The van der Waals surface area contributed by atoms with Gasteiger partial charge in [0.15, 0.2) is 0 Å². The van der Waals surface area contributed by atoms with Gasteiger partial charge in [0, 0.05) is 10.4 Å². The molecule has 1 aromatic rings. The molecule has 0 saturated carbocycles. The average molecular weight is 238 g/mol. The minimum Gasteiger partial charge on any atom is -0.102 e. The monoisotopic (exact) mass is 237 g/mol. The number of rotatable bonds is 3. The van der Waals surface area contributed by atoms with E-state index in [2.05, 4.69) is 54.6 Å². The minimum atomic E-state index is 0.167. The molecule has 0 saturated heterocycles. The summed E-state index contributed by atoms with van der Waals surface area (Å²) < 4.78 is 1.18. The fourth-order valence-corrected chi connectivity index (χ4v) is 2.12. The van der Waals surface area contributed by atoms with E-state index in [0.29, 0.717) is 0 Å². The fraction of sp³-hybridized carbons (Fsp3) is 0.250. The van der Waals surface area contributed by atoms with Crippen LogP contribution in [0.1, 0.15) is 24.0 Å². The summed E-state index contributed by atoms with van der Waals surface area (Å²) in [5, 5.41) is 0. The molecule has 1 radical (unpaired) electrons. The molecule has 0 aliphatic heterocycles. The van der Waals surface area contributed by atoms with Gasteiger partial charge in [0.2, 0.25) is 0 Å². The van der Waals surface area contributed by atoms with Gasteiger partial charge >= 0.3 is 0 Å². The predicted octanol–water partition coefficient (Wildman–Crippen LogP) is 4.12. The van der Waals surface area contributed by atoms with Crippen molar-refractivity contribution in [1.29, 1.82) is 0 Å². The molecule has 0 spiro atoms. The topological polar surface area (TPSA) is 0 Å². The number of benzene rings is 1. The third kappa shape index (κ3) is 2.22. The number of halogens is 1. The van der Waals surface area contributed by atoms with Crippen molar-refractivity contribution >= 4 is 15.9 Å². The Bertz CT molecular complexity index is 302. The van der Waals surface area contributed by atoms with Crippen LogP contribution in [0.5, 0.6) is 0 Å². The highest BCUT2D eigenvalue weighted by Gasteiger charge is 2.07. The standard InChI is InChI=1S/C12H14Br/c1-4-9(3)11-8-6-7-10(5-2)12(11)13/h4,6-9H,1,3,5H2,2H3. The zero-order valence-electron chi connectivity index (χ0n) is 7.89. The summed E-state index contributed by atoms with van der Waals surface area (Å²) in [4.78, 5) is 0. The van der Waals surface area contributed by atoms with Crippen molar-refractivity contribution in [3.8, 4) is 0 Å². The number of hydrogen-bond acceptors (Lipinski definition) is 0. The second-order valence-electron chi connectivity index (χ2n) is 3.02. The van der Waals surface area contributed by atoms with E-state index in [9.17, 15) is 0 Å². The van der Waals surface area contributed by atoms with Crippen LogP contribution >= 0.6 is 15.9 Å². The molecule has 1 rings (SSSR count). The first-order valence-electron chi connectivity index (χ1n) is 4.43. The van der Waals surface area contributed by atoms with E-state index in [0.717, 1.165) is 6.42 Å². The molecule has 69 valence electrons. The first kappa shape index (κ1) is 10.5. The Hall–Kier alpha value is -0.560. The second kappa shape index (κ2) is 4.61. The van der Waals surface area contributed by atoms with Crippen LogP contribution in [0.3, 0.4) is 0 Å². The van der Waals surface area contributed by atoms with Crippen LogP contribution in [0.4, 0.5) is 0 Å². The first-order chi connectivity index (χ1) is 6.20. The highest BCUT2D eigenvalue weighted by molar-refractivity contribution is 9.10. The van der Waals surface area contributed by atoms with E-state index < -0.39 is 0 Å². The second-order valence-corrected chi connectivity index (χ2v) is 3.81. The van der Waals surface area contributed by atoms with Crippen LogP contribution in [0.2, 0.25) is 0 Å². The zero-order valence-corrected chi connectivity index (χ0v) is 9.47. The molecular formula is C12H14Br. The molecule has 0 N–H and O–H groups in total. The highest BCUT2D eigenvalue weighted by atomic mass is 79.9. The van der Waals surface area contributed by atoms with Crippen LogP contribution in [0, 0.1) is 6.92 Å². The molecule has 1 heteroatoms.